The van der Waals surface area contributed by atoms with Crippen LogP contribution in [0.2, 0.25) is 0 Å². The first-order valence-corrected chi connectivity index (χ1v) is 13.5. The molecule has 0 spiro atoms. The molecule has 0 saturated heterocycles. The van der Waals surface area contributed by atoms with Crippen molar-refractivity contribution in [2.75, 3.05) is 0 Å². The molecule has 32 heavy (non-hydrogen) atoms. The number of benzene rings is 2. The molecule has 2 aromatic rings. The van der Waals surface area contributed by atoms with Gasteiger partial charge in [0.05, 0.1) is 7.77 Å². The van der Waals surface area contributed by atoms with E-state index < -0.39 is 15.7 Å². The summed E-state index contributed by atoms with van der Waals surface area (Å²) in [6.45, 7) is 8.47. The molecule has 0 heterocycles. The van der Waals surface area contributed by atoms with E-state index in [4.69, 9.17) is 0 Å². The van der Waals surface area contributed by atoms with Crippen molar-refractivity contribution in [1.29, 1.82) is 0 Å². The van der Waals surface area contributed by atoms with Crippen LogP contribution in [0, 0.1) is 0 Å². The minimum absolute atomic E-state index is 0. The molecular weight excluding hydrogens is 470 g/mol. The van der Waals surface area contributed by atoms with Crippen molar-refractivity contribution in [2.24, 2.45) is 0 Å². The summed E-state index contributed by atoms with van der Waals surface area (Å²) >= 11 is 0. The summed E-state index contributed by atoms with van der Waals surface area (Å²) in [6, 6.07) is 21.5. The first-order valence-electron chi connectivity index (χ1n) is 10.8. The number of allylic oxidation sites excluding steroid dienone is 8. The molecule has 166 valence electrons. The van der Waals surface area contributed by atoms with Crippen molar-refractivity contribution >= 4 is 31.6 Å². The third-order valence-corrected chi connectivity index (χ3v) is 10.0. The Hall–Kier alpha value is -1.52. The monoisotopic (exact) mass is 502 g/mol. The summed E-state index contributed by atoms with van der Waals surface area (Å²) in [5.41, 5.74) is 1.54. The SMILES string of the molecule is C1=CCC=C1.C[C@H](C1=CC=CC1=[P+]([O-])C(C)(C)C)P(c1ccccc1)c1ccccc1.[Fe+2]. The molecule has 2 aromatic carbocycles. The standard InChI is InChI=1S/C23H26OP2.C5H6.Fe/c1-18(21-16-11-17-22(21)26(24)23(2,3)4)25(19-12-7-5-8-13-19)20-14-9-6-10-15-20;1-2-4-5-3-1;/h5-18H,1-4H3;1-4H,5H2;/q;;+2/t18-;;/m1../s1. The van der Waals surface area contributed by atoms with Crippen LogP contribution in [0.25, 0.3) is 0 Å². The quantitative estimate of drug-likeness (QED) is 0.359. The van der Waals surface area contributed by atoms with E-state index in [1.54, 1.807) is 0 Å². The third kappa shape index (κ3) is 6.99. The maximum atomic E-state index is 13.1. The molecule has 2 aliphatic carbocycles. The zero-order valence-corrected chi connectivity index (χ0v) is 22.1. The van der Waals surface area contributed by atoms with Gasteiger partial charge in [-0.25, -0.2) is 0 Å². The molecule has 0 bridgehead atoms. The summed E-state index contributed by atoms with van der Waals surface area (Å²) in [7, 11) is -2.00. The molecule has 1 unspecified atom stereocenters. The third-order valence-electron chi connectivity index (χ3n) is 5.22. The second kappa shape index (κ2) is 12.6. The molecule has 0 aliphatic heterocycles. The van der Waals surface area contributed by atoms with Crippen LogP contribution < -0.4 is 15.5 Å². The van der Waals surface area contributed by atoms with Crippen LogP contribution in [0.5, 0.6) is 0 Å². The zero-order valence-electron chi connectivity index (χ0n) is 19.3. The average molecular weight is 502 g/mol. The van der Waals surface area contributed by atoms with Crippen LogP contribution in [0.4, 0.5) is 0 Å². The van der Waals surface area contributed by atoms with Crippen LogP contribution in [0.3, 0.4) is 0 Å². The Morgan fingerprint density at radius 1 is 0.844 bits per heavy atom. The maximum absolute atomic E-state index is 13.1. The predicted molar refractivity (Wildman–Crippen MR) is 140 cm³/mol. The second-order valence-corrected chi connectivity index (χ2v) is 13.6. The largest absolute Gasteiger partial charge is 2.00 e. The van der Waals surface area contributed by atoms with Crippen molar-refractivity contribution < 1.29 is 22.0 Å². The van der Waals surface area contributed by atoms with Gasteiger partial charge in [-0.05, 0) is 51.8 Å². The predicted octanol–water partition coefficient (Wildman–Crippen LogP) is 6.23. The van der Waals surface area contributed by atoms with Gasteiger partial charge in [0.25, 0.3) is 0 Å². The Bertz CT molecular complexity index is 963. The van der Waals surface area contributed by atoms with Crippen molar-refractivity contribution in [3.63, 3.8) is 0 Å². The van der Waals surface area contributed by atoms with Crippen LogP contribution >= 0.6 is 15.7 Å². The molecule has 4 heteroatoms. The van der Waals surface area contributed by atoms with E-state index in [9.17, 15) is 4.89 Å². The Kier molecular flexibility index (Phi) is 10.6. The van der Waals surface area contributed by atoms with Gasteiger partial charge in [-0.2, -0.15) is 0 Å². The molecule has 0 fully saturated rings. The maximum Gasteiger partial charge on any atom is 2.00 e. The summed E-state index contributed by atoms with van der Waals surface area (Å²) in [6.07, 6.45) is 15.8. The zero-order chi connectivity index (χ0) is 22.3. The average Bonchev–Trinajstić information content (AvgIpc) is 3.49. The molecule has 4 rings (SSSR count). The molecule has 0 saturated carbocycles. The van der Waals surface area contributed by atoms with Gasteiger partial charge in [-0.3, -0.25) is 0 Å². The fourth-order valence-electron chi connectivity index (χ4n) is 3.63. The molecule has 1 nitrogen and oxygen atoms in total. The molecule has 2 atom stereocenters. The normalized spacial score (nSPS) is 16.9. The smallest absolute Gasteiger partial charge is 0.630 e. The second-order valence-electron chi connectivity index (χ2n) is 8.64. The minimum Gasteiger partial charge on any atom is -0.630 e. The Morgan fingerprint density at radius 3 is 1.75 bits per heavy atom. The molecular formula is C28H32FeOP2+2. The van der Waals surface area contributed by atoms with Crippen molar-refractivity contribution in [3.8, 4) is 0 Å². The van der Waals surface area contributed by atoms with Gasteiger partial charge in [-0.15, -0.1) is 0 Å². The molecule has 2 aliphatic rings. The Balaban J connectivity index is 0.000000534. The number of hydrogen-bond acceptors (Lipinski definition) is 1. The van der Waals surface area contributed by atoms with Crippen LogP contribution in [-0.4, -0.2) is 16.1 Å². The van der Waals surface area contributed by atoms with Crippen LogP contribution in [0.1, 0.15) is 34.1 Å². The summed E-state index contributed by atoms with van der Waals surface area (Å²) in [5.74, 6) is 0. The van der Waals surface area contributed by atoms with E-state index in [1.807, 2.05) is 0 Å². The van der Waals surface area contributed by atoms with Gasteiger partial charge in [0.1, 0.15) is 10.4 Å². The van der Waals surface area contributed by atoms with Crippen LogP contribution in [0.15, 0.2) is 109 Å². The van der Waals surface area contributed by atoms with Crippen molar-refractivity contribution in [2.45, 2.75) is 44.9 Å². The van der Waals surface area contributed by atoms with Gasteiger partial charge >= 0.3 is 17.1 Å². The van der Waals surface area contributed by atoms with E-state index in [2.05, 4.69) is 131 Å². The van der Waals surface area contributed by atoms with E-state index in [0.29, 0.717) is 5.66 Å². The molecule has 0 aromatic heterocycles. The minimum atomic E-state index is -1.44. The van der Waals surface area contributed by atoms with E-state index in [-0.39, 0.29) is 22.2 Å². The fourth-order valence-corrected chi connectivity index (χ4v) is 7.86. The first kappa shape index (κ1) is 26.7. The molecule has 0 radical (unpaired) electrons. The molecule has 0 amide bonds. The number of hydrogen-bond donors (Lipinski definition) is 0. The Morgan fingerprint density at radius 2 is 1.34 bits per heavy atom. The first-order chi connectivity index (χ1) is 14.9. The van der Waals surface area contributed by atoms with E-state index >= 15 is 0 Å². The number of rotatable bonds is 4. The Labute approximate surface area is 206 Å². The fraction of sp³-hybridized carbons (Fsp3) is 0.250. The summed E-state index contributed by atoms with van der Waals surface area (Å²) in [5, 5.41) is 3.53. The topological polar surface area (TPSA) is 23.1 Å². The van der Waals surface area contributed by atoms with Gasteiger partial charge in [0.15, 0.2) is 0 Å². The van der Waals surface area contributed by atoms with Crippen LogP contribution in [-0.2, 0) is 17.1 Å². The van der Waals surface area contributed by atoms with Crippen molar-refractivity contribution in [3.05, 3.63) is 109 Å². The van der Waals surface area contributed by atoms with E-state index in [0.717, 1.165) is 11.7 Å². The van der Waals surface area contributed by atoms with E-state index in [1.165, 1.54) is 16.2 Å². The van der Waals surface area contributed by atoms with Gasteiger partial charge in [0.2, 0.25) is 0 Å². The van der Waals surface area contributed by atoms with Crippen molar-refractivity contribution in [1.82, 2.24) is 0 Å². The van der Waals surface area contributed by atoms with Gasteiger partial charge < -0.3 is 4.89 Å². The molecule has 0 N–H and O–H groups in total. The summed E-state index contributed by atoms with van der Waals surface area (Å²) < 4.78 is 0. The summed E-state index contributed by atoms with van der Waals surface area (Å²) in [4.78, 5) is 13.1. The van der Waals surface area contributed by atoms with Gasteiger partial charge in [-0.1, -0.05) is 104 Å². The van der Waals surface area contributed by atoms with Gasteiger partial charge in [0, 0.05) is 11.2 Å².